The van der Waals surface area contributed by atoms with Crippen molar-refractivity contribution in [3.63, 3.8) is 0 Å². The maximum absolute atomic E-state index is 12.9. The molecule has 3 rings (SSSR count). The van der Waals surface area contributed by atoms with Gasteiger partial charge in [-0.05, 0) is 36.8 Å². The van der Waals surface area contributed by atoms with E-state index in [0.29, 0.717) is 37.4 Å². The summed E-state index contributed by atoms with van der Waals surface area (Å²) in [5, 5.41) is 0. The fourth-order valence-electron chi connectivity index (χ4n) is 3.03. The molecule has 0 atom stereocenters. The Morgan fingerprint density at radius 2 is 1.64 bits per heavy atom. The van der Waals surface area contributed by atoms with Crippen LogP contribution in [0.2, 0.25) is 0 Å². The Balaban J connectivity index is 1.68. The molecule has 2 aromatic rings. The SMILES string of the molecule is Cc1ccccc1C(=O)N1CCN(c2cccc(C(F)(F)F)c2)CC1. The van der Waals surface area contributed by atoms with E-state index >= 15 is 0 Å². The fourth-order valence-corrected chi connectivity index (χ4v) is 3.03. The highest BCUT2D eigenvalue weighted by atomic mass is 19.4. The van der Waals surface area contributed by atoms with Crippen molar-refractivity contribution in [1.82, 2.24) is 4.90 Å². The van der Waals surface area contributed by atoms with E-state index in [1.165, 1.54) is 12.1 Å². The van der Waals surface area contributed by atoms with Crippen molar-refractivity contribution in [3.05, 3.63) is 65.2 Å². The summed E-state index contributed by atoms with van der Waals surface area (Å²) in [4.78, 5) is 16.3. The molecule has 0 saturated carbocycles. The quantitative estimate of drug-likeness (QED) is 0.820. The molecule has 0 spiro atoms. The van der Waals surface area contributed by atoms with Gasteiger partial charge in [0.15, 0.2) is 0 Å². The lowest BCUT2D eigenvalue weighted by molar-refractivity contribution is -0.137. The van der Waals surface area contributed by atoms with E-state index in [9.17, 15) is 18.0 Å². The van der Waals surface area contributed by atoms with Crippen molar-refractivity contribution < 1.29 is 18.0 Å². The molecule has 0 N–H and O–H groups in total. The van der Waals surface area contributed by atoms with Gasteiger partial charge < -0.3 is 9.80 Å². The Hall–Kier alpha value is -2.50. The van der Waals surface area contributed by atoms with Crippen LogP contribution in [0.15, 0.2) is 48.5 Å². The molecule has 1 aliphatic rings. The summed E-state index contributed by atoms with van der Waals surface area (Å²) in [5.41, 5.74) is 1.49. The van der Waals surface area contributed by atoms with E-state index in [1.807, 2.05) is 30.0 Å². The summed E-state index contributed by atoms with van der Waals surface area (Å²) in [6.07, 6.45) is -4.35. The standard InChI is InChI=1S/C19H19F3N2O/c1-14-5-2-3-8-17(14)18(25)24-11-9-23(10-12-24)16-7-4-6-15(13-16)19(20,21)22/h2-8,13H,9-12H2,1H3. The van der Waals surface area contributed by atoms with Crippen molar-refractivity contribution in [3.8, 4) is 0 Å². The molecular formula is C19H19F3N2O. The molecule has 1 saturated heterocycles. The molecular weight excluding hydrogens is 329 g/mol. The number of carbonyl (C=O) groups excluding carboxylic acids is 1. The number of amides is 1. The second-order valence-electron chi connectivity index (χ2n) is 6.14. The Morgan fingerprint density at radius 3 is 2.28 bits per heavy atom. The van der Waals surface area contributed by atoms with Gasteiger partial charge in [0.25, 0.3) is 5.91 Å². The molecule has 6 heteroatoms. The molecule has 1 heterocycles. The predicted molar refractivity (Wildman–Crippen MR) is 90.7 cm³/mol. The van der Waals surface area contributed by atoms with Crippen molar-refractivity contribution in [2.45, 2.75) is 13.1 Å². The molecule has 0 aliphatic carbocycles. The van der Waals surface area contributed by atoms with Gasteiger partial charge in [-0.2, -0.15) is 13.2 Å². The van der Waals surface area contributed by atoms with Gasteiger partial charge in [0, 0.05) is 37.4 Å². The first-order chi connectivity index (χ1) is 11.9. The summed E-state index contributed by atoms with van der Waals surface area (Å²) in [6, 6.07) is 12.7. The summed E-state index contributed by atoms with van der Waals surface area (Å²) in [7, 11) is 0. The molecule has 0 unspecified atom stereocenters. The van der Waals surface area contributed by atoms with Gasteiger partial charge in [-0.3, -0.25) is 4.79 Å². The number of hydrogen-bond donors (Lipinski definition) is 0. The molecule has 1 amide bonds. The van der Waals surface area contributed by atoms with Crippen LogP contribution in [0.3, 0.4) is 0 Å². The monoisotopic (exact) mass is 348 g/mol. The summed E-state index contributed by atoms with van der Waals surface area (Å²) < 4.78 is 38.6. The topological polar surface area (TPSA) is 23.6 Å². The van der Waals surface area contributed by atoms with E-state index < -0.39 is 11.7 Å². The number of hydrogen-bond acceptors (Lipinski definition) is 2. The van der Waals surface area contributed by atoms with Gasteiger partial charge in [-0.15, -0.1) is 0 Å². The van der Waals surface area contributed by atoms with Crippen molar-refractivity contribution >= 4 is 11.6 Å². The van der Waals surface area contributed by atoms with E-state index in [-0.39, 0.29) is 5.91 Å². The minimum Gasteiger partial charge on any atom is -0.368 e. The minimum absolute atomic E-state index is 0.0261. The molecule has 0 bridgehead atoms. The van der Waals surface area contributed by atoms with Crippen LogP contribution in [-0.2, 0) is 6.18 Å². The van der Waals surface area contributed by atoms with E-state index in [4.69, 9.17) is 0 Å². The molecule has 25 heavy (non-hydrogen) atoms. The second-order valence-corrected chi connectivity index (χ2v) is 6.14. The zero-order chi connectivity index (χ0) is 18.0. The number of rotatable bonds is 2. The number of nitrogens with zero attached hydrogens (tertiary/aromatic N) is 2. The Labute approximate surface area is 144 Å². The highest BCUT2D eigenvalue weighted by Crippen LogP contribution is 2.32. The molecule has 3 nitrogen and oxygen atoms in total. The average molecular weight is 348 g/mol. The third-order valence-electron chi connectivity index (χ3n) is 4.48. The Morgan fingerprint density at radius 1 is 0.960 bits per heavy atom. The molecule has 0 aromatic heterocycles. The Kier molecular flexibility index (Phi) is 4.70. The van der Waals surface area contributed by atoms with Crippen LogP contribution in [0.1, 0.15) is 21.5 Å². The first-order valence-corrected chi connectivity index (χ1v) is 8.13. The lowest BCUT2D eigenvalue weighted by Crippen LogP contribution is -2.49. The maximum Gasteiger partial charge on any atom is 0.416 e. The molecule has 0 radical (unpaired) electrons. The molecule has 2 aromatic carbocycles. The zero-order valence-corrected chi connectivity index (χ0v) is 13.9. The predicted octanol–water partition coefficient (Wildman–Crippen LogP) is 3.98. The molecule has 1 aliphatic heterocycles. The highest BCUT2D eigenvalue weighted by Gasteiger charge is 2.31. The van der Waals surface area contributed by atoms with Crippen LogP contribution in [-0.4, -0.2) is 37.0 Å². The van der Waals surface area contributed by atoms with Crippen LogP contribution in [0.25, 0.3) is 0 Å². The minimum atomic E-state index is -4.35. The Bertz CT molecular complexity index is 765. The van der Waals surface area contributed by atoms with Crippen LogP contribution in [0.5, 0.6) is 0 Å². The average Bonchev–Trinajstić information content (AvgIpc) is 2.61. The summed E-state index contributed by atoms with van der Waals surface area (Å²) in [6.45, 7) is 3.90. The smallest absolute Gasteiger partial charge is 0.368 e. The normalized spacial score (nSPS) is 15.4. The van der Waals surface area contributed by atoms with Gasteiger partial charge in [-0.25, -0.2) is 0 Å². The number of piperazine rings is 1. The van der Waals surface area contributed by atoms with Gasteiger partial charge in [0.2, 0.25) is 0 Å². The summed E-state index contributed by atoms with van der Waals surface area (Å²) in [5.74, 6) is -0.0261. The number of alkyl halides is 3. The van der Waals surface area contributed by atoms with Crippen LogP contribution in [0, 0.1) is 6.92 Å². The van der Waals surface area contributed by atoms with Crippen LogP contribution < -0.4 is 4.90 Å². The summed E-state index contributed by atoms with van der Waals surface area (Å²) >= 11 is 0. The zero-order valence-electron chi connectivity index (χ0n) is 13.9. The highest BCUT2D eigenvalue weighted by molar-refractivity contribution is 5.95. The van der Waals surface area contributed by atoms with E-state index in [2.05, 4.69) is 0 Å². The largest absolute Gasteiger partial charge is 0.416 e. The number of benzene rings is 2. The van der Waals surface area contributed by atoms with Crippen LogP contribution in [0.4, 0.5) is 18.9 Å². The van der Waals surface area contributed by atoms with E-state index in [1.54, 1.807) is 17.0 Å². The van der Waals surface area contributed by atoms with Gasteiger partial charge in [-0.1, -0.05) is 24.3 Å². The lowest BCUT2D eigenvalue weighted by atomic mass is 10.1. The van der Waals surface area contributed by atoms with Crippen LogP contribution >= 0.6 is 0 Å². The number of aryl methyl sites for hydroxylation is 1. The number of anilines is 1. The van der Waals surface area contributed by atoms with Crippen molar-refractivity contribution in [2.75, 3.05) is 31.1 Å². The lowest BCUT2D eigenvalue weighted by Gasteiger charge is -2.36. The first-order valence-electron chi connectivity index (χ1n) is 8.13. The third kappa shape index (κ3) is 3.78. The van der Waals surface area contributed by atoms with Crippen molar-refractivity contribution in [1.29, 1.82) is 0 Å². The number of halogens is 3. The first kappa shape index (κ1) is 17.3. The molecule has 1 fully saturated rings. The third-order valence-corrected chi connectivity index (χ3v) is 4.48. The van der Waals surface area contributed by atoms with Gasteiger partial charge >= 0.3 is 6.18 Å². The fraction of sp³-hybridized carbons (Fsp3) is 0.316. The molecule has 132 valence electrons. The second kappa shape index (κ2) is 6.78. The van der Waals surface area contributed by atoms with Gasteiger partial charge in [0.1, 0.15) is 0 Å². The van der Waals surface area contributed by atoms with Gasteiger partial charge in [0.05, 0.1) is 5.56 Å². The maximum atomic E-state index is 12.9. The van der Waals surface area contributed by atoms with E-state index in [0.717, 1.165) is 11.6 Å². The number of carbonyl (C=O) groups is 1. The van der Waals surface area contributed by atoms with Crippen molar-refractivity contribution in [2.24, 2.45) is 0 Å².